The number of hydrogen-bond acceptors (Lipinski definition) is 3. The van der Waals surface area contributed by atoms with Gasteiger partial charge in [-0.05, 0) is 49.1 Å². The summed E-state index contributed by atoms with van der Waals surface area (Å²) in [5, 5.41) is 20.1. The second-order valence-corrected chi connectivity index (χ2v) is 6.39. The number of aromatic hydroxyl groups is 1. The van der Waals surface area contributed by atoms with Gasteiger partial charge in [0.05, 0.1) is 16.1 Å². The SMILES string of the molecule is Oc1ccc(OCC(O)CCCCc2ccc(Cl)c(Cl)c2)c(F)c1. The van der Waals surface area contributed by atoms with E-state index in [1.807, 2.05) is 12.1 Å². The summed E-state index contributed by atoms with van der Waals surface area (Å²) >= 11 is 11.8. The van der Waals surface area contributed by atoms with E-state index in [9.17, 15) is 9.50 Å². The third-order valence-electron chi connectivity index (χ3n) is 3.58. The van der Waals surface area contributed by atoms with Crippen molar-refractivity contribution in [3.63, 3.8) is 0 Å². The smallest absolute Gasteiger partial charge is 0.168 e. The first-order valence-corrected chi connectivity index (χ1v) is 8.44. The molecule has 0 bridgehead atoms. The van der Waals surface area contributed by atoms with Gasteiger partial charge in [-0.2, -0.15) is 0 Å². The van der Waals surface area contributed by atoms with Crippen LogP contribution in [0, 0.1) is 5.82 Å². The van der Waals surface area contributed by atoms with E-state index in [1.54, 1.807) is 6.07 Å². The average molecular weight is 373 g/mol. The Morgan fingerprint density at radius 2 is 1.83 bits per heavy atom. The zero-order valence-electron chi connectivity index (χ0n) is 13.0. The summed E-state index contributed by atoms with van der Waals surface area (Å²) in [7, 11) is 0. The molecule has 6 heteroatoms. The Kier molecular flexibility index (Phi) is 7.16. The molecule has 0 spiro atoms. The predicted molar refractivity (Wildman–Crippen MR) is 93.6 cm³/mol. The lowest BCUT2D eigenvalue weighted by atomic mass is 10.1. The van der Waals surface area contributed by atoms with Gasteiger partial charge in [0.15, 0.2) is 11.6 Å². The molecule has 0 saturated carbocycles. The van der Waals surface area contributed by atoms with Crippen molar-refractivity contribution in [3.05, 3.63) is 57.8 Å². The van der Waals surface area contributed by atoms with Crippen molar-refractivity contribution in [3.8, 4) is 11.5 Å². The molecule has 0 fully saturated rings. The van der Waals surface area contributed by atoms with Crippen molar-refractivity contribution in [1.82, 2.24) is 0 Å². The van der Waals surface area contributed by atoms with Crippen LogP contribution in [-0.4, -0.2) is 22.9 Å². The van der Waals surface area contributed by atoms with Crippen molar-refractivity contribution in [2.75, 3.05) is 6.61 Å². The Labute approximate surface area is 150 Å². The molecule has 0 aromatic heterocycles. The minimum absolute atomic E-state index is 0.00840. The number of hydrogen-bond donors (Lipinski definition) is 2. The fourth-order valence-electron chi connectivity index (χ4n) is 2.28. The molecule has 0 aliphatic heterocycles. The van der Waals surface area contributed by atoms with E-state index in [4.69, 9.17) is 33.0 Å². The lowest BCUT2D eigenvalue weighted by Gasteiger charge is -2.13. The fourth-order valence-corrected chi connectivity index (χ4v) is 2.60. The molecule has 130 valence electrons. The molecular weight excluding hydrogens is 354 g/mol. The molecule has 2 N–H and O–H groups in total. The van der Waals surface area contributed by atoms with E-state index >= 15 is 0 Å². The molecule has 0 amide bonds. The van der Waals surface area contributed by atoms with Crippen molar-refractivity contribution in [1.29, 1.82) is 0 Å². The van der Waals surface area contributed by atoms with Gasteiger partial charge in [-0.1, -0.05) is 35.7 Å². The fraction of sp³-hybridized carbons (Fsp3) is 0.333. The molecule has 2 aromatic rings. The Balaban J connectivity index is 1.67. The average Bonchev–Trinajstić information content (AvgIpc) is 2.54. The highest BCUT2D eigenvalue weighted by Gasteiger charge is 2.09. The summed E-state index contributed by atoms with van der Waals surface area (Å²) in [4.78, 5) is 0. The van der Waals surface area contributed by atoms with Gasteiger partial charge >= 0.3 is 0 Å². The normalized spacial score (nSPS) is 12.2. The van der Waals surface area contributed by atoms with E-state index in [0.717, 1.165) is 30.9 Å². The number of rotatable bonds is 8. The van der Waals surface area contributed by atoms with E-state index < -0.39 is 11.9 Å². The number of aliphatic hydroxyl groups is 1. The Morgan fingerprint density at radius 1 is 1.04 bits per heavy atom. The van der Waals surface area contributed by atoms with Crippen molar-refractivity contribution < 1.29 is 19.3 Å². The summed E-state index contributed by atoms with van der Waals surface area (Å²) in [6.45, 7) is 0.00840. The number of aliphatic hydroxyl groups excluding tert-OH is 1. The van der Waals surface area contributed by atoms with Gasteiger partial charge in [-0.3, -0.25) is 0 Å². The molecule has 0 saturated heterocycles. The maximum Gasteiger partial charge on any atom is 0.168 e. The summed E-state index contributed by atoms with van der Waals surface area (Å²) < 4.78 is 18.7. The van der Waals surface area contributed by atoms with Crippen molar-refractivity contribution >= 4 is 23.2 Å². The van der Waals surface area contributed by atoms with Crippen LogP contribution in [0.15, 0.2) is 36.4 Å². The van der Waals surface area contributed by atoms with Crippen LogP contribution < -0.4 is 4.74 Å². The monoisotopic (exact) mass is 372 g/mol. The molecular formula is C18H19Cl2FO3. The molecule has 1 unspecified atom stereocenters. The van der Waals surface area contributed by atoms with Crippen LogP contribution in [0.5, 0.6) is 11.5 Å². The lowest BCUT2D eigenvalue weighted by Crippen LogP contribution is -2.17. The second kappa shape index (κ2) is 9.11. The molecule has 0 radical (unpaired) electrons. The molecule has 2 aromatic carbocycles. The first kappa shape index (κ1) is 18.8. The summed E-state index contributed by atoms with van der Waals surface area (Å²) in [5.74, 6) is -0.799. The van der Waals surface area contributed by atoms with Gasteiger partial charge in [-0.15, -0.1) is 0 Å². The first-order chi connectivity index (χ1) is 11.5. The number of ether oxygens (including phenoxy) is 1. The largest absolute Gasteiger partial charge is 0.508 e. The standard InChI is InChI=1S/C18H19Cl2FO3/c19-15-7-5-12(9-16(15)20)3-1-2-4-14(23)11-24-18-8-6-13(22)10-17(18)21/h5-10,14,22-23H,1-4,11H2. The van der Waals surface area contributed by atoms with Gasteiger partial charge < -0.3 is 14.9 Å². The van der Waals surface area contributed by atoms with Crippen molar-refractivity contribution in [2.24, 2.45) is 0 Å². The van der Waals surface area contributed by atoms with Crippen LogP contribution in [0.2, 0.25) is 10.0 Å². The maximum absolute atomic E-state index is 13.5. The molecule has 2 rings (SSSR count). The highest BCUT2D eigenvalue weighted by atomic mass is 35.5. The van der Waals surface area contributed by atoms with Crippen LogP contribution in [0.3, 0.4) is 0 Å². The second-order valence-electron chi connectivity index (χ2n) is 5.57. The topological polar surface area (TPSA) is 49.7 Å². The highest BCUT2D eigenvalue weighted by Crippen LogP contribution is 2.24. The summed E-state index contributed by atoms with van der Waals surface area (Å²) in [6.07, 6.45) is 2.43. The minimum atomic E-state index is -0.674. The number of phenolic OH excluding ortho intramolecular Hbond substituents is 1. The van der Waals surface area contributed by atoms with E-state index in [1.165, 1.54) is 12.1 Å². The number of aryl methyl sites for hydroxylation is 1. The van der Waals surface area contributed by atoms with Crippen molar-refractivity contribution in [2.45, 2.75) is 31.8 Å². The van der Waals surface area contributed by atoms with Gasteiger partial charge in [0.1, 0.15) is 12.4 Å². The van der Waals surface area contributed by atoms with Crippen LogP contribution in [0.4, 0.5) is 4.39 Å². The molecule has 0 aliphatic carbocycles. The molecule has 0 aliphatic rings. The van der Waals surface area contributed by atoms with Gasteiger partial charge in [0.25, 0.3) is 0 Å². The van der Waals surface area contributed by atoms with Gasteiger partial charge in [-0.25, -0.2) is 4.39 Å². The Hall–Kier alpha value is -1.49. The zero-order chi connectivity index (χ0) is 17.5. The van der Waals surface area contributed by atoms with E-state index in [0.29, 0.717) is 16.5 Å². The van der Waals surface area contributed by atoms with Gasteiger partial charge in [0, 0.05) is 6.07 Å². The zero-order valence-corrected chi connectivity index (χ0v) is 14.5. The molecule has 1 atom stereocenters. The number of unbranched alkanes of at least 4 members (excludes halogenated alkanes) is 1. The first-order valence-electron chi connectivity index (χ1n) is 7.69. The third-order valence-corrected chi connectivity index (χ3v) is 4.32. The molecule has 3 nitrogen and oxygen atoms in total. The lowest BCUT2D eigenvalue weighted by molar-refractivity contribution is 0.0955. The Bertz CT molecular complexity index is 679. The number of benzene rings is 2. The van der Waals surface area contributed by atoms with Crippen LogP contribution in [0.25, 0.3) is 0 Å². The van der Waals surface area contributed by atoms with Crippen LogP contribution in [0.1, 0.15) is 24.8 Å². The maximum atomic E-state index is 13.5. The molecule has 0 heterocycles. The van der Waals surface area contributed by atoms with Crippen LogP contribution in [-0.2, 0) is 6.42 Å². The predicted octanol–water partition coefficient (Wildman–Crippen LogP) is 4.99. The number of phenols is 1. The minimum Gasteiger partial charge on any atom is -0.508 e. The summed E-state index contributed by atoms with van der Waals surface area (Å²) in [6, 6.07) is 9.19. The van der Waals surface area contributed by atoms with E-state index in [2.05, 4.69) is 0 Å². The Morgan fingerprint density at radius 3 is 2.54 bits per heavy atom. The van der Waals surface area contributed by atoms with Gasteiger partial charge in [0.2, 0.25) is 0 Å². The molecule has 24 heavy (non-hydrogen) atoms. The quantitative estimate of drug-likeness (QED) is 0.641. The highest BCUT2D eigenvalue weighted by molar-refractivity contribution is 6.42. The van der Waals surface area contributed by atoms with E-state index in [-0.39, 0.29) is 18.1 Å². The van der Waals surface area contributed by atoms with Crippen LogP contribution >= 0.6 is 23.2 Å². The summed E-state index contributed by atoms with van der Waals surface area (Å²) in [5.41, 5.74) is 1.10. The number of halogens is 3. The third kappa shape index (κ3) is 5.86.